The molecule has 0 aromatic heterocycles. The van der Waals surface area contributed by atoms with Crippen molar-refractivity contribution in [3.8, 4) is 0 Å². The summed E-state index contributed by atoms with van der Waals surface area (Å²) in [6.45, 7) is 1.67. The number of ether oxygens (including phenoxy) is 1. The highest BCUT2D eigenvalue weighted by atomic mass is 32.1. The van der Waals surface area contributed by atoms with Gasteiger partial charge in [-0.15, -0.1) is 0 Å². The molecule has 1 amide bonds. The van der Waals surface area contributed by atoms with Crippen molar-refractivity contribution in [3.63, 3.8) is 0 Å². The van der Waals surface area contributed by atoms with Crippen molar-refractivity contribution in [1.82, 2.24) is 10.2 Å². The number of alkyl carbamates (subject to hydrolysis) is 1. The summed E-state index contributed by atoms with van der Waals surface area (Å²) >= 11 is 5.09. The largest absolute Gasteiger partial charge is 0.453 e. The van der Waals surface area contributed by atoms with Crippen LogP contribution in [0.4, 0.5) is 4.79 Å². The normalized spacial score (nSPS) is 20.0. The molecule has 0 radical (unpaired) electrons. The molecule has 0 spiro atoms. The Morgan fingerprint density at radius 3 is 2.86 bits per heavy atom. The number of methoxy groups -OCH3 is 1. The second-order valence-corrected chi connectivity index (χ2v) is 5.74. The molecule has 1 heterocycles. The molecule has 114 valence electrons. The van der Waals surface area contributed by atoms with Crippen molar-refractivity contribution < 1.29 is 9.53 Å². The van der Waals surface area contributed by atoms with Crippen LogP contribution in [0.3, 0.4) is 0 Å². The molecular formula is C15H21N3O2S. The smallest absolute Gasteiger partial charge is 0.407 e. The van der Waals surface area contributed by atoms with Crippen LogP contribution < -0.4 is 11.1 Å². The van der Waals surface area contributed by atoms with E-state index in [9.17, 15) is 4.79 Å². The number of carbonyl (C=O) groups excluding carboxylic acids is 1. The van der Waals surface area contributed by atoms with Crippen LogP contribution in [0.2, 0.25) is 0 Å². The molecule has 1 aromatic rings. The molecule has 2 rings (SSSR count). The van der Waals surface area contributed by atoms with Crippen molar-refractivity contribution in [2.24, 2.45) is 5.73 Å². The average molecular weight is 307 g/mol. The van der Waals surface area contributed by atoms with Crippen LogP contribution in [-0.2, 0) is 4.74 Å². The van der Waals surface area contributed by atoms with E-state index in [1.807, 2.05) is 18.2 Å². The Labute approximate surface area is 130 Å². The van der Waals surface area contributed by atoms with E-state index < -0.39 is 0 Å². The van der Waals surface area contributed by atoms with Crippen molar-refractivity contribution in [3.05, 3.63) is 35.9 Å². The van der Waals surface area contributed by atoms with Crippen molar-refractivity contribution in [2.45, 2.75) is 24.9 Å². The minimum atomic E-state index is -0.382. The van der Waals surface area contributed by atoms with Gasteiger partial charge < -0.3 is 15.8 Å². The number of nitrogens with two attached hydrogens (primary N) is 1. The predicted octanol–water partition coefficient (Wildman–Crippen LogP) is 1.83. The highest BCUT2D eigenvalue weighted by Gasteiger charge is 2.30. The molecule has 1 aliphatic rings. The van der Waals surface area contributed by atoms with Gasteiger partial charge in [0.15, 0.2) is 0 Å². The SMILES string of the molecule is COC(=O)NC1CCN(C(CC(N)=S)c2ccccc2)C1. The fourth-order valence-electron chi connectivity index (χ4n) is 2.74. The zero-order valence-corrected chi connectivity index (χ0v) is 12.9. The minimum absolute atomic E-state index is 0.106. The monoisotopic (exact) mass is 307 g/mol. The minimum Gasteiger partial charge on any atom is -0.453 e. The average Bonchev–Trinajstić information content (AvgIpc) is 2.93. The van der Waals surface area contributed by atoms with Crippen LogP contribution in [0.1, 0.15) is 24.4 Å². The molecule has 21 heavy (non-hydrogen) atoms. The molecule has 1 aliphatic heterocycles. The number of rotatable bonds is 5. The molecular weight excluding hydrogens is 286 g/mol. The number of amides is 1. The molecule has 0 saturated carbocycles. The maximum absolute atomic E-state index is 11.3. The van der Waals surface area contributed by atoms with Crippen LogP contribution in [0, 0.1) is 0 Å². The first kappa shape index (κ1) is 15.7. The van der Waals surface area contributed by atoms with Gasteiger partial charge in [0.2, 0.25) is 0 Å². The van der Waals surface area contributed by atoms with E-state index in [1.165, 1.54) is 12.7 Å². The number of thiocarbonyl (C=S) groups is 1. The van der Waals surface area contributed by atoms with Gasteiger partial charge in [0.05, 0.1) is 12.1 Å². The summed E-state index contributed by atoms with van der Waals surface area (Å²) in [4.78, 5) is 14.1. The fraction of sp³-hybridized carbons (Fsp3) is 0.467. The van der Waals surface area contributed by atoms with Crippen LogP contribution in [0.25, 0.3) is 0 Å². The van der Waals surface area contributed by atoms with Crippen molar-refractivity contribution in [2.75, 3.05) is 20.2 Å². The topological polar surface area (TPSA) is 67.6 Å². The van der Waals surface area contributed by atoms with Gasteiger partial charge in [-0.1, -0.05) is 42.5 Å². The van der Waals surface area contributed by atoms with E-state index in [0.717, 1.165) is 19.5 Å². The third-order valence-electron chi connectivity index (χ3n) is 3.75. The van der Waals surface area contributed by atoms with E-state index in [0.29, 0.717) is 11.4 Å². The highest BCUT2D eigenvalue weighted by Crippen LogP contribution is 2.28. The molecule has 5 nitrogen and oxygen atoms in total. The Morgan fingerprint density at radius 2 is 2.24 bits per heavy atom. The molecule has 3 N–H and O–H groups in total. The maximum Gasteiger partial charge on any atom is 0.407 e. The van der Waals surface area contributed by atoms with Crippen molar-refractivity contribution >= 4 is 23.3 Å². The Morgan fingerprint density at radius 1 is 1.52 bits per heavy atom. The highest BCUT2D eigenvalue weighted by molar-refractivity contribution is 7.80. The molecule has 6 heteroatoms. The summed E-state index contributed by atoms with van der Waals surface area (Å²) in [5.41, 5.74) is 6.95. The summed E-state index contributed by atoms with van der Waals surface area (Å²) < 4.78 is 4.65. The zero-order valence-electron chi connectivity index (χ0n) is 12.1. The third-order valence-corrected chi connectivity index (χ3v) is 3.91. The first-order chi connectivity index (χ1) is 10.1. The molecule has 1 saturated heterocycles. The second-order valence-electron chi connectivity index (χ2n) is 5.21. The molecule has 2 unspecified atom stereocenters. The van der Waals surface area contributed by atoms with Crippen LogP contribution in [-0.4, -0.2) is 42.2 Å². The molecule has 2 atom stereocenters. The third kappa shape index (κ3) is 4.41. The predicted molar refractivity (Wildman–Crippen MR) is 86.1 cm³/mol. The Bertz CT molecular complexity index is 495. The lowest BCUT2D eigenvalue weighted by molar-refractivity contribution is 0.165. The van der Waals surface area contributed by atoms with E-state index in [2.05, 4.69) is 27.1 Å². The van der Waals surface area contributed by atoms with E-state index in [4.69, 9.17) is 18.0 Å². The van der Waals surface area contributed by atoms with Gasteiger partial charge in [-0.2, -0.15) is 0 Å². The second kappa shape index (κ2) is 7.38. The van der Waals surface area contributed by atoms with Gasteiger partial charge in [0.1, 0.15) is 0 Å². The maximum atomic E-state index is 11.3. The van der Waals surface area contributed by atoms with E-state index >= 15 is 0 Å². The van der Waals surface area contributed by atoms with Gasteiger partial charge in [0, 0.05) is 31.6 Å². The van der Waals surface area contributed by atoms with Gasteiger partial charge in [-0.25, -0.2) is 4.79 Å². The van der Waals surface area contributed by atoms with Crippen LogP contribution in [0.5, 0.6) is 0 Å². The quantitative estimate of drug-likeness (QED) is 0.812. The summed E-state index contributed by atoms with van der Waals surface area (Å²) in [5.74, 6) is 0. The Hall–Kier alpha value is -1.66. The van der Waals surface area contributed by atoms with E-state index in [1.54, 1.807) is 0 Å². The lowest BCUT2D eigenvalue weighted by Crippen LogP contribution is -2.38. The number of likely N-dealkylation sites (tertiary alicyclic amines) is 1. The summed E-state index contributed by atoms with van der Waals surface area (Å²) in [7, 11) is 1.38. The summed E-state index contributed by atoms with van der Waals surface area (Å²) in [6, 6.07) is 10.5. The van der Waals surface area contributed by atoms with Crippen LogP contribution >= 0.6 is 12.2 Å². The van der Waals surface area contributed by atoms with Gasteiger partial charge in [-0.3, -0.25) is 4.90 Å². The Balaban J connectivity index is 2.05. The van der Waals surface area contributed by atoms with Gasteiger partial charge in [0.25, 0.3) is 0 Å². The number of benzene rings is 1. The number of nitrogens with zero attached hydrogens (tertiary/aromatic N) is 1. The summed E-state index contributed by atoms with van der Waals surface area (Å²) in [6.07, 6.45) is 1.16. The standard InChI is InChI=1S/C15H21N3O2S/c1-20-15(19)17-12-7-8-18(10-12)13(9-14(16)21)11-5-3-2-4-6-11/h2-6,12-13H,7-10H2,1H3,(H2,16,21)(H,17,19). The fourth-order valence-corrected chi connectivity index (χ4v) is 2.90. The van der Waals surface area contributed by atoms with E-state index in [-0.39, 0.29) is 18.2 Å². The van der Waals surface area contributed by atoms with Crippen LogP contribution in [0.15, 0.2) is 30.3 Å². The zero-order chi connectivity index (χ0) is 15.2. The number of hydrogen-bond donors (Lipinski definition) is 2. The first-order valence-electron chi connectivity index (χ1n) is 7.02. The number of carbonyl (C=O) groups is 1. The molecule has 1 fully saturated rings. The number of hydrogen-bond acceptors (Lipinski definition) is 4. The molecule has 0 aliphatic carbocycles. The Kier molecular flexibility index (Phi) is 5.52. The first-order valence-corrected chi connectivity index (χ1v) is 7.42. The summed E-state index contributed by atoms with van der Waals surface area (Å²) in [5, 5.41) is 2.85. The lowest BCUT2D eigenvalue weighted by atomic mass is 10.0. The van der Waals surface area contributed by atoms with Gasteiger partial charge >= 0.3 is 6.09 Å². The lowest BCUT2D eigenvalue weighted by Gasteiger charge is -2.28. The van der Waals surface area contributed by atoms with Gasteiger partial charge in [-0.05, 0) is 12.0 Å². The molecule has 1 aromatic carbocycles. The number of nitrogens with one attached hydrogen (secondary N) is 1. The van der Waals surface area contributed by atoms with Crippen molar-refractivity contribution in [1.29, 1.82) is 0 Å². The molecule has 0 bridgehead atoms.